The Hall–Kier alpha value is -2.12. The van der Waals surface area contributed by atoms with Crippen molar-refractivity contribution >= 4 is 36.1 Å². The number of amides is 1. The maximum absolute atomic E-state index is 12.2. The average molecular weight is 384 g/mol. The second kappa shape index (κ2) is 9.39. The fourth-order valence-corrected chi connectivity index (χ4v) is 2.36. The Labute approximate surface area is 155 Å². The van der Waals surface area contributed by atoms with Crippen LogP contribution in [0.5, 0.6) is 5.75 Å². The van der Waals surface area contributed by atoms with Gasteiger partial charge in [-0.3, -0.25) is 4.79 Å². The summed E-state index contributed by atoms with van der Waals surface area (Å²) in [7, 11) is 0. The number of benzene rings is 1. The van der Waals surface area contributed by atoms with Crippen molar-refractivity contribution in [3.05, 3.63) is 52.9 Å². The third-order valence-electron chi connectivity index (χ3n) is 3.12. The normalized spacial score (nSPS) is 11.6. The minimum atomic E-state index is -0.841. The SMILES string of the molecule is CCOC(=O)[C@H](CS)NC(=O)c1ccc(COc2cccc(Cl)c2)o1. The third kappa shape index (κ3) is 5.72. The number of carbonyl (C=O) groups is 2. The van der Waals surface area contributed by atoms with Crippen molar-refractivity contribution in [3.8, 4) is 5.75 Å². The van der Waals surface area contributed by atoms with Crippen LogP contribution in [-0.4, -0.2) is 30.3 Å². The van der Waals surface area contributed by atoms with E-state index in [0.717, 1.165) is 0 Å². The molecule has 0 aliphatic carbocycles. The van der Waals surface area contributed by atoms with Crippen LogP contribution in [0.25, 0.3) is 0 Å². The Morgan fingerprint density at radius 3 is 2.80 bits per heavy atom. The maximum Gasteiger partial charge on any atom is 0.329 e. The molecule has 25 heavy (non-hydrogen) atoms. The minimum absolute atomic E-state index is 0.0702. The lowest BCUT2D eigenvalue weighted by Crippen LogP contribution is -2.43. The van der Waals surface area contributed by atoms with Crippen molar-refractivity contribution in [2.75, 3.05) is 12.4 Å². The minimum Gasteiger partial charge on any atom is -0.486 e. The van der Waals surface area contributed by atoms with Crippen LogP contribution < -0.4 is 10.1 Å². The highest BCUT2D eigenvalue weighted by molar-refractivity contribution is 7.80. The van der Waals surface area contributed by atoms with Gasteiger partial charge in [0.1, 0.15) is 24.2 Å². The van der Waals surface area contributed by atoms with Crippen LogP contribution in [0.15, 0.2) is 40.8 Å². The fourth-order valence-electron chi connectivity index (χ4n) is 1.94. The van der Waals surface area contributed by atoms with E-state index in [-0.39, 0.29) is 24.7 Å². The number of hydrogen-bond acceptors (Lipinski definition) is 6. The number of nitrogens with one attached hydrogen (secondary N) is 1. The first-order chi connectivity index (χ1) is 12.0. The molecule has 0 bridgehead atoms. The summed E-state index contributed by atoms with van der Waals surface area (Å²) in [6.07, 6.45) is 0. The quantitative estimate of drug-likeness (QED) is 0.541. The van der Waals surface area contributed by atoms with E-state index >= 15 is 0 Å². The number of thiol groups is 1. The Balaban J connectivity index is 1.93. The number of ether oxygens (including phenoxy) is 2. The van der Waals surface area contributed by atoms with Crippen LogP contribution in [0.4, 0.5) is 0 Å². The number of hydrogen-bond donors (Lipinski definition) is 2. The molecule has 0 aliphatic rings. The summed E-state index contributed by atoms with van der Waals surface area (Å²) >= 11 is 9.93. The van der Waals surface area contributed by atoms with Crippen LogP contribution in [0.2, 0.25) is 5.02 Å². The summed E-state index contributed by atoms with van der Waals surface area (Å²) in [5.41, 5.74) is 0. The highest BCUT2D eigenvalue weighted by atomic mass is 35.5. The Morgan fingerprint density at radius 2 is 2.12 bits per heavy atom. The highest BCUT2D eigenvalue weighted by Gasteiger charge is 2.22. The van der Waals surface area contributed by atoms with Crippen molar-refractivity contribution in [1.82, 2.24) is 5.32 Å². The van der Waals surface area contributed by atoms with Crippen molar-refractivity contribution in [3.63, 3.8) is 0 Å². The topological polar surface area (TPSA) is 77.8 Å². The van der Waals surface area contributed by atoms with Crippen molar-refractivity contribution in [2.45, 2.75) is 19.6 Å². The third-order valence-corrected chi connectivity index (χ3v) is 3.72. The monoisotopic (exact) mass is 383 g/mol. The van der Waals surface area contributed by atoms with Gasteiger partial charge in [0.2, 0.25) is 0 Å². The molecule has 0 fully saturated rings. The van der Waals surface area contributed by atoms with Crippen molar-refractivity contribution < 1.29 is 23.5 Å². The van der Waals surface area contributed by atoms with Gasteiger partial charge >= 0.3 is 5.97 Å². The van der Waals surface area contributed by atoms with Gasteiger partial charge in [0.05, 0.1) is 6.61 Å². The van der Waals surface area contributed by atoms with Gasteiger partial charge in [-0.15, -0.1) is 0 Å². The number of rotatable bonds is 8. The van der Waals surface area contributed by atoms with Crippen LogP contribution >= 0.6 is 24.2 Å². The first-order valence-corrected chi connectivity index (χ1v) is 8.60. The summed E-state index contributed by atoms with van der Waals surface area (Å²) in [6, 6.07) is 9.24. The molecule has 1 N–H and O–H groups in total. The van der Waals surface area contributed by atoms with E-state index in [1.165, 1.54) is 6.07 Å². The van der Waals surface area contributed by atoms with Gasteiger partial charge in [-0.05, 0) is 37.3 Å². The molecule has 134 valence electrons. The van der Waals surface area contributed by atoms with Gasteiger partial charge < -0.3 is 19.2 Å². The molecule has 0 saturated carbocycles. The predicted octanol–water partition coefficient (Wildman–Crippen LogP) is 3.10. The number of carbonyl (C=O) groups excluding carboxylic acids is 2. The zero-order valence-corrected chi connectivity index (χ0v) is 15.2. The van der Waals surface area contributed by atoms with E-state index < -0.39 is 17.9 Å². The van der Waals surface area contributed by atoms with Gasteiger partial charge in [0.25, 0.3) is 5.91 Å². The van der Waals surface area contributed by atoms with E-state index in [1.54, 1.807) is 37.3 Å². The number of furan rings is 1. The van der Waals surface area contributed by atoms with Gasteiger partial charge in [-0.1, -0.05) is 17.7 Å². The molecule has 8 heteroatoms. The molecular weight excluding hydrogens is 366 g/mol. The lowest BCUT2D eigenvalue weighted by atomic mass is 10.3. The molecular formula is C17H18ClNO5S. The Kier molecular flexibility index (Phi) is 7.21. The lowest BCUT2D eigenvalue weighted by Gasteiger charge is -2.13. The molecule has 0 radical (unpaired) electrons. The number of esters is 1. The molecule has 2 aromatic rings. The van der Waals surface area contributed by atoms with Gasteiger partial charge in [0, 0.05) is 10.8 Å². The van der Waals surface area contributed by atoms with Gasteiger partial charge in [0.15, 0.2) is 5.76 Å². The molecule has 1 aromatic carbocycles. The molecule has 2 rings (SSSR count). The molecule has 0 saturated heterocycles. The summed E-state index contributed by atoms with van der Waals surface area (Å²) in [6.45, 7) is 2.06. The smallest absolute Gasteiger partial charge is 0.329 e. The molecule has 0 unspecified atom stereocenters. The van der Waals surface area contributed by atoms with Crippen molar-refractivity contribution in [1.29, 1.82) is 0 Å². The van der Waals surface area contributed by atoms with E-state index in [2.05, 4.69) is 17.9 Å². The fraction of sp³-hybridized carbons (Fsp3) is 0.294. The standard InChI is InChI=1S/C17H18ClNO5S/c1-2-22-17(21)14(10-25)19-16(20)15-7-6-13(24-15)9-23-12-5-3-4-11(18)8-12/h3-8,14,25H,2,9-10H2,1H3,(H,19,20)/t14-/m0/s1. The zero-order valence-electron chi connectivity index (χ0n) is 13.5. The lowest BCUT2D eigenvalue weighted by molar-refractivity contribution is -0.144. The number of halogens is 1. The molecule has 0 aliphatic heterocycles. The van der Waals surface area contributed by atoms with Crippen LogP contribution in [0, 0.1) is 0 Å². The molecule has 0 spiro atoms. The molecule has 6 nitrogen and oxygen atoms in total. The predicted molar refractivity (Wildman–Crippen MR) is 96.2 cm³/mol. The maximum atomic E-state index is 12.2. The summed E-state index contributed by atoms with van der Waals surface area (Å²) in [4.78, 5) is 23.8. The van der Waals surface area contributed by atoms with E-state index in [1.807, 2.05) is 0 Å². The first-order valence-electron chi connectivity index (χ1n) is 7.59. The first kappa shape index (κ1) is 19.2. The van der Waals surface area contributed by atoms with Crippen molar-refractivity contribution in [2.24, 2.45) is 0 Å². The molecule has 1 heterocycles. The van der Waals surface area contributed by atoms with Crippen LogP contribution in [-0.2, 0) is 16.1 Å². The van der Waals surface area contributed by atoms with E-state index in [4.69, 9.17) is 25.5 Å². The summed E-state index contributed by atoms with van der Waals surface area (Å²) in [5, 5.41) is 3.08. The highest BCUT2D eigenvalue weighted by Crippen LogP contribution is 2.19. The van der Waals surface area contributed by atoms with E-state index in [9.17, 15) is 9.59 Å². The Morgan fingerprint density at radius 1 is 1.32 bits per heavy atom. The van der Waals surface area contributed by atoms with E-state index in [0.29, 0.717) is 16.5 Å². The van der Waals surface area contributed by atoms with Gasteiger partial charge in [-0.2, -0.15) is 12.6 Å². The van der Waals surface area contributed by atoms with Crippen LogP contribution in [0.3, 0.4) is 0 Å². The second-order valence-electron chi connectivity index (χ2n) is 4.97. The van der Waals surface area contributed by atoms with Gasteiger partial charge in [-0.25, -0.2) is 4.79 Å². The molecule has 1 amide bonds. The Bertz CT molecular complexity index is 733. The van der Waals surface area contributed by atoms with Crippen LogP contribution in [0.1, 0.15) is 23.2 Å². The largest absolute Gasteiger partial charge is 0.486 e. The molecule has 1 aromatic heterocycles. The zero-order chi connectivity index (χ0) is 18.2. The summed E-state index contributed by atoms with van der Waals surface area (Å²) in [5.74, 6) is 0.176. The molecule has 1 atom stereocenters. The summed E-state index contributed by atoms with van der Waals surface area (Å²) < 4.78 is 15.8. The second-order valence-corrected chi connectivity index (χ2v) is 5.77. The average Bonchev–Trinajstić information content (AvgIpc) is 3.07.